The molecular formula is C22H15FN4O3S. The maximum atomic E-state index is 13.4. The first kappa shape index (κ1) is 20.4. The van der Waals surface area contributed by atoms with E-state index in [1.54, 1.807) is 16.7 Å². The van der Waals surface area contributed by atoms with Gasteiger partial charge in [0.1, 0.15) is 5.82 Å². The number of benzene rings is 3. The van der Waals surface area contributed by atoms with Crippen LogP contribution < -0.4 is 0 Å². The van der Waals surface area contributed by atoms with E-state index in [0.29, 0.717) is 16.7 Å². The van der Waals surface area contributed by atoms with Gasteiger partial charge in [-0.1, -0.05) is 54.2 Å². The van der Waals surface area contributed by atoms with Gasteiger partial charge in [0, 0.05) is 28.9 Å². The average molecular weight is 434 g/mol. The second-order valence-corrected chi connectivity index (χ2v) is 7.45. The maximum absolute atomic E-state index is 13.4. The van der Waals surface area contributed by atoms with Crippen molar-refractivity contribution in [3.63, 3.8) is 0 Å². The molecule has 0 fully saturated rings. The minimum atomic E-state index is -0.540. The van der Waals surface area contributed by atoms with Gasteiger partial charge in [-0.05, 0) is 24.3 Å². The van der Waals surface area contributed by atoms with E-state index >= 15 is 0 Å². The zero-order chi connectivity index (χ0) is 21.8. The van der Waals surface area contributed by atoms with Crippen molar-refractivity contribution in [1.82, 2.24) is 14.8 Å². The van der Waals surface area contributed by atoms with Gasteiger partial charge < -0.3 is 0 Å². The van der Waals surface area contributed by atoms with Gasteiger partial charge in [0.25, 0.3) is 5.69 Å². The van der Waals surface area contributed by atoms with Gasteiger partial charge in [-0.2, -0.15) is 0 Å². The van der Waals surface area contributed by atoms with Gasteiger partial charge in [0.2, 0.25) is 0 Å². The van der Waals surface area contributed by atoms with Crippen molar-refractivity contribution in [2.75, 3.05) is 5.75 Å². The van der Waals surface area contributed by atoms with Crippen LogP contribution in [0, 0.1) is 15.9 Å². The number of nitro groups is 1. The van der Waals surface area contributed by atoms with Crippen LogP contribution in [-0.4, -0.2) is 31.2 Å². The smallest absolute Gasteiger partial charge is 0.270 e. The van der Waals surface area contributed by atoms with Gasteiger partial charge in [-0.25, -0.2) is 4.39 Å². The lowest BCUT2D eigenvalue weighted by molar-refractivity contribution is -0.384. The summed E-state index contributed by atoms with van der Waals surface area (Å²) in [5.74, 6) is -0.0794. The second-order valence-electron chi connectivity index (χ2n) is 6.50. The van der Waals surface area contributed by atoms with Crippen molar-refractivity contribution >= 4 is 23.2 Å². The number of aromatic nitrogens is 3. The van der Waals surface area contributed by atoms with Crippen LogP contribution in [0.4, 0.5) is 10.1 Å². The lowest BCUT2D eigenvalue weighted by atomic mass is 10.1. The van der Waals surface area contributed by atoms with Crippen LogP contribution in [0.15, 0.2) is 84.0 Å². The molecule has 0 atom stereocenters. The van der Waals surface area contributed by atoms with Gasteiger partial charge in [0.05, 0.1) is 10.7 Å². The van der Waals surface area contributed by atoms with E-state index in [-0.39, 0.29) is 28.6 Å². The molecule has 0 bridgehead atoms. The lowest BCUT2D eigenvalue weighted by Gasteiger charge is -2.10. The third kappa shape index (κ3) is 4.51. The Morgan fingerprint density at radius 2 is 1.74 bits per heavy atom. The summed E-state index contributed by atoms with van der Waals surface area (Å²) in [5.41, 5.74) is 1.57. The first-order valence-corrected chi connectivity index (χ1v) is 10.2. The fraction of sp³-hybridized carbons (Fsp3) is 0.0455. The number of nitrogens with zero attached hydrogens (tertiary/aromatic N) is 4. The molecule has 0 aliphatic carbocycles. The standard InChI is InChI=1S/C22H15FN4O3S/c23-17-9-11-18(12-10-17)26-21(15-5-2-1-3-6-15)24-25-22(26)31-14-20(28)16-7-4-8-19(13-16)27(29)30/h1-13H,14H2. The molecule has 9 heteroatoms. The molecule has 0 saturated carbocycles. The summed E-state index contributed by atoms with van der Waals surface area (Å²) in [7, 11) is 0. The van der Waals surface area contributed by atoms with Crippen molar-refractivity contribution in [3.05, 3.63) is 100 Å². The van der Waals surface area contributed by atoms with Crippen molar-refractivity contribution in [2.45, 2.75) is 5.16 Å². The van der Waals surface area contributed by atoms with Gasteiger partial charge in [0.15, 0.2) is 16.8 Å². The monoisotopic (exact) mass is 434 g/mol. The van der Waals surface area contributed by atoms with Crippen LogP contribution in [0.25, 0.3) is 17.1 Å². The molecule has 1 heterocycles. The molecule has 0 amide bonds. The normalized spacial score (nSPS) is 10.7. The average Bonchev–Trinajstić information content (AvgIpc) is 3.22. The number of hydrogen-bond acceptors (Lipinski definition) is 6. The Hall–Kier alpha value is -3.85. The minimum Gasteiger partial charge on any atom is -0.293 e. The van der Waals surface area contributed by atoms with Crippen molar-refractivity contribution in [1.29, 1.82) is 0 Å². The van der Waals surface area contributed by atoms with Crippen LogP contribution >= 0.6 is 11.8 Å². The van der Waals surface area contributed by atoms with Crippen LogP contribution in [0.5, 0.6) is 0 Å². The fourth-order valence-electron chi connectivity index (χ4n) is 2.97. The molecule has 154 valence electrons. The van der Waals surface area contributed by atoms with Crippen molar-refractivity contribution in [2.24, 2.45) is 0 Å². The number of rotatable bonds is 7. The predicted octanol–water partition coefficient (Wildman–Crippen LogP) is 4.96. The summed E-state index contributed by atoms with van der Waals surface area (Å²) >= 11 is 1.15. The molecule has 3 aromatic carbocycles. The third-order valence-electron chi connectivity index (χ3n) is 4.46. The Morgan fingerprint density at radius 1 is 1.00 bits per heavy atom. The Morgan fingerprint density at radius 3 is 2.45 bits per heavy atom. The van der Waals surface area contributed by atoms with Crippen molar-refractivity contribution in [3.8, 4) is 17.1 Å². The minimum absolute atomic E-state index is 0.00921. The molecule has 1 aromatic heterocycles. The number of hydrogen-bond donors (Lipinski definition) is 0. The maximum Gasteiger partial charge on any atom is 0.270 e. The van der Waals surface area contributed by atoms with E-state index in [9.17, 15) is 19.3 Å². The molecule has 0 unspecified atom stereocenters. The number of carbonyl (C=O) groups is 1. The van der Waals surface area contributed by atoms with Gasteiger partial charge >= 0.3 is 0 Å². The largest absolute Gasteiger partial charge is 0.293 e. The number of non-ortho nitro benzene ring substituents is 1. The summed E-state index contributed by atoms with van der Waals surface area (Å²) in [4.78, 5) is 23.0. The fourth-order valence-corrected chi connectivity index (χ4v) is 3.81. The van der Waals surface area contributed by atoms with E-state index in [0.717, 1.165) is 17.3 Å². The Kier molecular flexibility index (Phi) is 5.85. The second kappa shape index (κ2) is 8.88. The van der Waals surface area contributed by atoms with Crippen LogP contribution in [0.3, 0.4) is 0 Å². The zero-order valence-corrected chi connectivity index (χ0v) is 16.8. The molecule has 0 spiro atoms. The topological polar surface area (TPSA) is 90.9 Å². The number of halogens is 1. The Bertz CT molecular complexity index is 1240. The first-order chi connectivity index (χ1) is 15.0. The molecule has 0 saturated heterocycles. The quantitative estimate of drug-likeness (QED) is 0.177. The van der Waals surface area contributed by atoms with E-state index in [1.807, 2.05) is 30.3 Å². The third-order valence-corrected chi connectivity index (χ3v) is 5.39. The summed E-state index contributed by atoms with van der Waals surface area (Å²) in [5, 5.41) is 19.9. The first-order valence-electron chi connectivity index (χ1n) is 9.20. The number of carbonyl (C=O) groups excluding carboxylic acids is 1. The van der Waals surface area contributed by atoms with Gasteiger partial charge in [-0.3, -0.25) is 19.5 Å². The highest BCUT2D eigenvalue weighted by Gasteiger charge is 2.18. The van der Waals surface area contributed by atoms with Crippen molar-refractivity contribution < 1.29 is 14.1 Å². The van der Waals surface area contributed by atoms with E-state index < -0.39 is 4.92 Å². The molecular weight excluding hydrogens is 419 g/mol. The van der Waals surface area contributed by atoms with E-state index in [1.165, 1.54) is 36.4 Å². The molecule has 0 aliphatic heterocycles. The summed E-state index contributed by atoms with van der Waals surface area (Å²) in [6.07, 6.45) is 0. The summed E-state index contributed by atoms with van der Waals surface area (Å²) in [6, 6.07) is 20.9. The summed E-state index contributed by atoms with van der Waals surface area (Å²) in [6.45, 7) is 0. The van der Waals surface area contributed by atoms with Crippen LogP contribution in [0.1, 0.15) is 10.4 Å². The predicted molar refractivity (Wildman–Crippen MR) is 115 cm³/mol. The van der Waals surface area contributed by atoms with E-state index in [4.69, 9.17) is 0 Å². The van der Waals surface area contributed by atoms with Crippen LogP contribution in [0.2, 0.25) is 0 Å². The molecule has 31 heavy (non-hydrogen) atoms. The highest BCUT2D eigenvalue weighted by molar-refractivity contribution is 7.99. The highest BCUT2D eigenvalue weighted by Crippen LogP contribution is 2.28. The Labute approximate surface area is 180 Å². The van der Waals surface area contributed by atoms with Gasteiger partial charge in [-0.15, -0.1) is 10.2 Å². The molecule has 7 nitrogen and oxygen atoms in total. The lowest BCUT2D eigenvalue weighted by Crippen LogP contribution is -2.05. The number of thioether (sulfide) groups is 1. The van der Waals surface area contributed by atoms with E-state index in [2.05, 4.69) is 10.2 Å². The molecule has 0 N–H and O–H groups in total. The number of Topliss-reactive ketones (excluding diaryl/α,β-unsaturated/α-hetero) is 1. The highest BCUT2D eigenvalue weighted by atomic mass is 32.2. The summed E-state index contributed by atoms with van der Waals surface area (Å²) < 4.78 is 15.2. The Balaban J connectivity index is 1.65. The zero-order valence-electron chi connectivity index (χ0n) is 16.0. The number of ketones is 1. The molecule has 4 aromatic rings. The van der Waals surface area contributed by atoms with Crippen LogP contribution in [-0.2, 0) is 0 Å². The SMILES string of the molecule is O=C(CSc1nnc(-c2ccccc2)n1-c1ccc(F)cc1)c1cccc([N+](=O)[O-])c1. The number of nitro benzene ring substituents is 1. The molecule has 4 rings (SSSR count). The molecule has 0 aliphatic rings. The molecule has 0 radical (unpaired) electrons.